The van der Waals surface area contributed by atoms with Crippen LogP contribution >= 0.6 is 11.6 Å². The van der Waals surface area contributed by atoms with Crippen molar-refractivity contribution in [3.8, 4) is 5.75 Å². The van der Waals surface area contributed by atoms with Gasteiger partial charge in [0, 0.05) is 25.5 Å². The van der Waals surface area contributed by atoms with Crippen molar-refractivity contribution >= 4 is 17.2 Å². The Morgan fingerprint density at radius 1 is 1.35 bits per heavy atom. The molecular weight excluding hydrogens is 374 g/mol. The van der Waals surface area contributed by atoms with Gasteiger partial charge in [-0.05, 0) is 29.3 Å². The minimum absolute atomic E-state index is 0.0711. The SMILES string of the molecule is CC(F)(F)F.COc1ccc(C(O)CN)cc1C1=CC(Cl)=C(F)CC=C1. The van der Waals surface area contributed by atoms with Crippen molar-refractivity contribution in [2.45, 2.75) is 25.6 Å². The zero-order valence-corrected chi connectivity index (χ0v) is 15.0. The number of methoxy groups -OCH3 is 1. The molecule has 1 aromatic rings. The molecule has 0 aliphatic heterocycles. The molecule has 0 spiro atoms. The summed E-state index contributed by atoms with van der Waals surface area (Å²) in [6.45, 7) is 0.308. The Kier molecular flexibility index (Phi) is 8.33. The molecule has 0 saturated carbocycles. The average Bonchev–Trinajstić information content (AvgIpc) is 2.73. The van der Waals surface area contributed by atoms with Crippen molar-refractivity contribution in [3.05, 3.63) is 58.4 Å². The first-order chi connectivity index (χ1) is 12.1. The second kappa shape index (κ2) is 9.75. The van der Waals surface area contributed by atoms with E-state index in [1.807, 2.05) is 0 Å². The summed E-state index contributed by atoms with van der Waals surface area (Å²) in [5.41, 5.74) is 7.60. The van der Waals surface area contributed by atoms with Crippen molar-refractivity contribution in [2.24, 2.45) is 5.73 Å². The van der Waals surface area contributed by atoms with Gasteiger partial charge >= 0.3 is 6.18 Å². The number of aliphatic hydroxyl groups is 1. The van der Waals surface area contributed by atoms with E-state index in [0.717, 1.165) is 11.1 Å². The third-order valence-electron chi connectivity index (χ3n) is 3.28. The molecule has 0 radical (unpaired) electrons. The summed E-state index contributed by atoms with van der Waals surface area (Å²) in [6.07, 6.45) is 0.434. The van der Waals surface area contributed by atoms with Crippen molar-refractivity contribution < 1.29 is 27.4 Å². The predicted molar refractivity (Wildman–Crippen MR) is 94.5 cm³/mol. The summed E-state index contributed by atoms with van der Waals surface area (Å²) in [5, 5.41) is 9.94. The first-order valence-corrected chi connectivity index (χ1v) is 8.00. The molecule has 8 heteroatoms. The second-order valence-corrected chi connectivity index (χ2v) is 5.86. The van der Waals surface area contributed by atoms with Gasteiger partial charge in [-0.3, -0.25) is 0 Å². The molecule has 1 aliphatic rings. The molecule has 3 N–H and O–H groups in total. The number of halogens is 5. The number of aliphatic hydroxyl groups excluding tert-OH is 1. The van der Waals surface area contributed by atoms with Crippen LogP contribution in [0.4, 0.5) is 17.6 Å². The highest BCUT2D eigenvalue weighted by Crippen LogP contribution is 2.33. The van der Waals surface area contributed by atoms with Crippen LogP contribution in [0.15, 0.2) is 47.3 Å². The Balaban J connectivity index is 0.000000597. The third-order valence-corrected chi connectivity index (χ3v) is 3.59. The van der Waals surface area contributed by atoms with E-state index in [-0.39, 0.29) is 30.7 Å². The topological polar surface area (TPSA) is 55.5 Å². The number of hydrogen-bond acceptors (Lipinski definition) is 3. The fourth-order valence-electron chi connectivity index (χ4n) is 2.11. The maximum Gasteiger partial charge on any atom is 0.386 e. The Bertz CT molecular complexity index is 706. The monoisotopic (exact) mass is 393 g/mol. The first-order valence-electron chi connectivity index (χ1n) is 7.62. The third kappa shape index (κ3) is 7.19. The standard InChI is InChI=1S/C16H17ClFNO2.C2H3F3/c1-21-16-6-5-11(15(20)9-19)7-12(16)10-3-2-4-14(18)13(17)8-10;1-2(3,4)5/h2-3,5-8,15,20H,4,9,19H2,1H3;1H3. The summed E-state index contributed by atoms with van der Waals surface area (Å²) in [7, 11) is 1.55. The van der Waals surface area contributed by atoms with Crippen LogP contribution in [0.1, 0.15) is 30.6 Å². The van der Waals surface area contributed by atoms with Crippen LogP contribution in [0.3, 0.4) is 0 Å². The summed E-state index contributed by atoms with van der Waals surface area (Å²) in [5.74, 6) is 0.241. The van der Waals surface area contributed by atoms with Crippen molar-refractivity contribution in [2.75, 3.05) is 13.7 Å². The normalized spacial score (nSPS) is 15.7. The highest BCUT2D eigenvalue weighted by Gasteiger charge is 2.16. The maximum atomic E-state index is 13.5. The molecule has 1 aliphatic carbocycles. The number of ether oxygens (including phenoxy) is 1. The van der Waals surface area contributed by atoms with E-state index in [1.165, 1.54) is 0 Å². The van der Waals surface area contributed by atoms with Crippen LogP contribution in [0.2, 0.25) is 0 Å². The Labute approximate surface area is 154 Å². The molecule has 1 atom stereocenters. The average molecular weight is 394 g/mol. The van der Waals surface area contributed by atoms with E-state index in [2.05, 4.69) is 0 Å². The highest BCUT2D eigenvalue weighted by molar-refractivity contribution is 6.32. The summed E-state index contributed by atoms with van der Waals surface area (Å²) in [6, 6.07) is 5.27. The largest absolute Gasteiger partial charge is 0.496 e. The molecular formula is C18H20ClF4NO2. The number of rotatable bonds is 4. The lowest BCUT2D eigenvalue weighted by Gasteiger charge is -2.14. The van der Waals surface area contributed by atoms with E-state index < -0.39 is 12.3 Å². The minimum atomic E-state index is -4.00. The molecule has 2 rings (SSSR count). The van der Waals surface area contributed by atoms with Gasteiger partial charge in [-0.1, -0.05) is 29.8 Å². The minimum Gasteiger partial charge on any atom is -0.496 e. The summed E-state index contributed by atoms with van der Waals surface area (Å²) < 4.78 is 49.9. The molecule has 3 nitrogen and oxygen atoms in total. The van der Waals surface area contributed by atoms with Crippen molar-refractivity contribution in [1.29, 1.82) is 0 Å². The molecule has 0 saturated heterocycles. The number of hydrogen-bond donors (Lipinski definition) is 2. The number of benzene rings is 1. The van der Waals surface area contributed by atoms with E-state index in [9.17, 15) is 22.7 Å². The predicted octanol–water partition coefficient (Wildman–Crippen LogP) is 5.02. The molecule has 144 valence electrons. The van der Waals surface area contributed by atoms with E-state index in [1.54, 1.807) is 43.5 Å². The van der Waals surface area contributed by atoms with Gasteiger partial charge in [0.2, 0.25) is 0 Å². The first kappa shape index (κ1) is 22.2. The Morgan fingerprint density at radius 3 is 2.50 bits per heavy atom. The van der Waals surface area contributed by atoms with Crippen LogP contribution in [0, 0.1) is 0 Å². The second-order valence-electron chi connectivity index (χ2n) is 5.45. The van der Waals surface area contributed by atoms with Gasteiger partial charge in [-0.25, -0.2) is 4.39 Å². The maximum absolute atomic E-state index is 13.5. The van der Waals surface area contributed by atoms with Gasteiger partial charge in [-0.15, -0.1) is 0 Å². The molecule has 0 amide bonds. The van der Waals surface area contributed by atoms with E-state index >= 15 is 0 Å². The number of alkyl halides is 3. The van der Waals surface area contributed by atoms with Gasteiger partial charge in [0.25, 0.3) is 0 Å². The van der Waals surface area contributed by atoms with Crippen molar-refractivity contribution in [3.63, 3.8) is 0 Å². The van der Waals surface area contributed by atoms with Crippen LogP contribution in [-0.2, 0) is 0 Å². The van der Waals surface area contributed by atoms with Gasteiger partial charge < -0.3 is 15.6 Å². The Morgan fingerprint density at radius 2 is 1.96 bits per heavy atom. The number of allylic oxidation sites excluding steroid dienone is 6. The highest BCUT2D eigenvalue weighted by atomic mass is 35.5. The molecule has 0 fully saturated rings. The van der Waals surface area contributed by atoms with Gasteiger partial charge in [0.05, 0.1) is 18.2 Å². The van der Waals surface area contributed by atoms with Crippen LogP contribution in [0.25, 0.3) is 5.57 Å². The number of nitrogens with two attached hydrogens (primary N) is 1. The molecule has 0 heterocycles. The lowest BCUT2D eigenvalue weighted by molar-refractivity contribution is -0.110. The van der Waals surface area contributed by atoms with Crippen LogP contribution in [0.5, 0.6) is 5.75 Å². The molecule has 0 aromatic heterocycles. The van der Waals surface area contributed by atoms with Gasteiger partial charge in [0.1, 0.15) is 11.6 Å². The zero-order valence-electron chi connectivity index (χ0n) is 14.3. The van der Waals surface area contributed by atoms with Gasteiger partial charge in [0.15, 0.2) is 0 Å². The van der Waals surface area contributed by atoms with E-state index in [4.69, 9.17) is 22.1 Å². The van der Waals surface area contributed by atoms with Crippen LogP contribution in [-0.4, -0.2) is 24.9 Å². The fraction of sp³-hybridized carbons (Fsp3) is 0.333. The zero-order chi connectivity index (χ0) is 19.9. The fourth-order valence-corrected chi connectivity index (χ4v) is 2.31. The Hall–Kier alpha value is -1.83. The molecule has 0 bridgehead atoms. The van der Waals surface area contributed by atoms with E-state index in [0.29, 0.717) is 11.3 Å². The van der Waals surface area contributed by atoms with Gasteiger partial charge in [-0.2, -0.15) is 13.2 Å². The lowest BCUT2D eigenvalue weighted by atomic mass is 9.99. The molecule has 1 unspecified atom stereocenters. The molecule has 26 heavy (non-hydrogen) atoms. The summed E-state index contributed by atoms with van der Waals surface area (Å²) >= 11 is 5.92. The molecule has 1 aromatic carbocycles. The lowest BCUT2D eigenvalue weighted by Crippen LogP contribution is -2.11. The smallest absolute Gasteiger partial charge is 0.386 e. The summed E-state index contributed by atoms with van der Waals surface area (Å²) in [4.78, 5) is 0. The van der Waals surface area contributed by atoms with Crippen molar-refractivity contribution in [1.82, 2.24) is 0 Å². The quantitative estimate of drug-likeness (QED) is 0.706. The van der Waals surface area contributed by atoms with Crippen LogP contribution < -0.4 is 10.5 Å².